The fourth-order valence-corrected chi connectivity index (χ4v) is 3.34. The summed E-state index contributed by atoms with van der Waals surface area (Å²) < 4.78 is 89.1. The number of nitrogens with zero attached hydrogens (tertiary/aromatic N) is 1. The van der Waals surface area contributed by atoms with E-state index >= 15 is 0 Å². The number of pyridine rings is 1. The fourth-order valence-electron chi connectivity index (χ4n) is 2.68. The van der Waals surface area contributed by atoms with Crippen molar-refractivity contribution < 1.29 is 30.4 Å². The molecule has 0 aliphatic carbocycles. The Labute approximate surface area is 156 Å². The van der Waals surface area contributed by atoms with Crippen molar-refractivity contribution in [3.05, 3.63) is 71.9 Å². The van der Waals surface area contributed by atoms with Crippen molar-refractivity contribution in [2.75, 3.05) is 0 Å². The zero-order chi connectivity index (χ0) is 20.7. The molecular weight excluding hydrogens is 403 g/mol. The van der Waals surface area contributed by atoms with Crippen LogP contribution in [0.5, 0.6) is 0 Å². The van der Waals surface area contributed by atoms with Crippen molar-refractivity contribution in [3.8, 4) is 22.4 Å². The van der Waals surface area contributed by atoms with Crippen LogP contribution >= 0.6 is 0 Å². The van der Waals surface area contributed by atoms with Gasteiger partial charge >= 0.3 is 6.18 Å². The van der Waals surface area contributed by atoms with E-state index in [0.717, 1.165) is 24.3 Å². The molecule has 0 spiro atoms. The highest BCUT2D eigenvalue weighted by Gasteiger charge is 2.30. The second-order valence-corrected chi connectivity index (χ2v) is 7.29. The Morgan fingerprint density at radius 2 is 1.46 bits per heavy atom. The number of primary sulfonamides is 1. The van der Waals surface area contributed by atoms with Crippen LogP contribution < -0.4 is 5.14 Å². The van der Waals surface area contributed by atoms with Crippen molar-refractivity contribution in [1.29, 1.82) is 0 Å². The molecule has 0 amide bonds. The van der Waals surface area contributed by atoms with Gasteiger partial charge in [0.2, 0.25) is 10.0 Å². The monoisotopic (exact) mass is 414 g/mol. The Morgan fingerprint density at radius 3 is 1.96 bits per heavy atom. The van der Waals surface area contributed by atoms with Gasteiger partial charge in [-0.1, -0.05) is 18.2 Å². The number of rotatable bonds is 3. The molecule has 0 radical (unpaired) electrons. The van der Waals surface area contributed by atoms with Crippen LogP contribution in [0, 0.1) is 11.6 Å². The van der Waals surface area contributed by atoms with Crippen LogP contribution in [0.2, 0.25) is 0 Å². The molecule has 2 N–H and O–H groups in total. The summed E-state index contributed by atoms with van der Waals surface area (Å²) in [5, 5.41) is 4.80. The average molecular weight is 414 g/mol. The van der Waals surface area contributed by atoms with Gasteiger partial charge in [-0.15, -0.1) is 0 Å². The maximum atomic E-state index is 14.2. The van der Waals surface area contributed by atoms with Gasteiger partial charge in [-0.25, -0.2) is 22.3 Å². The van der Waals surface area contributed by atoms with Crippen LogP contribution in [-0.2, 0) is 16.2 Å². The number of halogens is 5. The van der Waals surface area contributed by atoms with E-state index in [-0.39, 0.29) is 11.3 Å². The third-order valence-corrected chi connectivity index (χ3v) is 4.85. The van der Waals surface area contributed by atoms with Crippen LogP contribution in [-0.4, -0.2) is 13.4 Å². The quantitative estimate of drug-likeness (QED) is 0.648. The van der Waals surface area contributed by atoms with Crippen molar-refractivity contribution in [2.45, 2.75) is 11.1 Å². The Kier molecular flexibility index (Phi) is 4.94. The average Bonchev–Trinajstić information content (AvgIpc) is 2.59. The molecule has 0 fully saturated rings. The summed E-state index contributed by atoms with van der Waals surface area (Å²) in [6.07, 6.45) is -3.18. The number of hydrogen-bond acceptors (Lipinski definition) is 3. The first-order valence-corrected chi connectivity index (χ1v) is 9.18. The first-order chi connectivity index (χ1) is 13.0. The lowest BCUT2D eigenvalue weighted by atomic mass is 9.98. The van der Waals surface area contributed by atoms with Crippen LogP contribution in [0.15, 0.2) is 59.6 Å². The lowest BCUT2D eigenvalue weighted by Crippen LogP contribution is -2.16. The Bertz CT molecular complexity index is 1120. The van der Waals surface area contributed by atoms with Gasteiger partial charge in [-0.2, -0.15) is 13.2 Å². The zero-order valence-electron chi connectivity index (χ0n) is 13.8. The molecule has 3 aromatic rings. The first kappa shape index (κ1) is 19.9. The standard InChI is InChI=1S/C18H11F5N2O2S/c19-14-8-11(9-15(20)17(14)28(24,26)27)16-13(2-1-7-25-16)10-3-5-12(6-4-10)18(21,22)23/h1-9H,(H2,24,26,27). The number of benzene rings is 2. The lowest BCUT2D eigenvalue weighted by molar-refractivity contribution is -0.137. The van der Waals surface area contributed by atoms with E-state index in [1.165, 1.54) is 30.5 Å². The molecule has 3 rings (SSSR count). The minimum absolute atomic E-state index is 0.0565. The van der Waals surface area contributed by atoms with Gasteiger partial charge in [0.05, 0.1) is 11.3 Å². The van der Waals surface area contributed by atoms with Crippen molar-refractivity contribution >= 4 is 10.0 Å². The van der Waals surface area contributed by atoms with Crippen molar-refractivity contribution in [2.24, 2.45) is 5.14 Å². The van der Waals surface area contributed by atoms with Gasteiger partial charge in [-0.3, -0.25) is 4.98 Å². The van der Waals surface area contributed by atoms with Gasteiger partial charge < -0.3 is 0 Å². The highest BCUT2D eigenvalue weighted by molar-refractivity contribution is 7.89. The number of nitrogens with two attached hydrogens (primary N) is 1. The van der Waals surface area contributed by atoms with E-state index in [1.807, 2.05) is 0 Å². The third-order valence-electron chi connectivity index (χ3n) is 3.89. The molecule has 0 aliphatic heterocycles. The van der Waals surface area contributed by atoms with E-state index in [2.05, 4.69) is 4.98 Å². The SMILES string of the molecule is NS(=O)(=O)c1c(F)cc(-c2ncccc2-c2ccc(C(F)(F)F)cc2)cc1F. The molecule has 2 aromatic carbocycles. The molecule has 0 unspecified atom stereocenters. The van der Waals surface area contributed by atoms with Gasteiger partial charge in [-0.05, 0) is 35.9 Å². The number of alkyl halides is 3. The minimum Gasteiger partial charge on any atom is -0.256 e. The normalized spacial score (nSPS) is 12.2. The summed E-state index contributed by atoms with van der Waals surface area (Å²) >= 11 is 0. The van der Waals surface area contributed by atoms with E-state index < -0.39 is 38.3 Å². The Hall–Kier alpha value is -2.85. The van der Waals surface area contributed by atoms with E-state index in [0.29, 0.717) is 11.1 Å². The molecule has 1 heterocycles. The fraction of sp³-hybridized carbons (Fsp3) is 0.0556. The molecular formula is C18H11F5N2O2S. The molecule has 1 aromatic heterocycles. The highest BCUT2D eigenvalue weighted by Crippen LogP contribution is 2.35. The lowest BCUT2D eigenvalue weighted by Gasteiger charge is -2.12. The molecule has 146 valence electrons. The van der Waals surface area contributed by atoms with E-state index in [4.69, 9.17) is 5.14 Å². The molecule has 28 heavy (non-hydrogen) atoms. The third kappa shape index (κ3) is 3.87. The van der Waals surface area contributed by atoms with Crippen LogP contribution in [0.4, 0.5) is 22.0 Å². The molecule has 4 nitrogen and oxygen atoms in total. The molecule has 10 heteroatoms. The Morgan fingerprint density at radius 1 is 0.893 bits per heavy atom. The number of sulfonamides is 1. The zero-order valence-corrected chi connectivity index (χ0v) is 14.7. The molecule has 0 atom stereocenters. The highest BCUT2D eigenvalue weighted by atomic mass is 32.2. The summed E-state index contributed by atoms with van der Waals surface area (Å²) in [5.41, 5.74) is -0.263. The van der Waals surface area contributed by atoms with Crippen LogP contribution in [0.25, 0.3) is 22.4 Å². The maximum absolute atomic E-state index is 14.2. The van der Waals surface area contributed by atoms with E-state index in [9.17, 15) is 30.4 Å². The predicted octanol–water partition coefficient (Wildman–Crippen LogP) is 4.36. The summed E-state index contributed by atoms with van der Waals surface area (Å²) in [4.78, 5) is 2.76. The molecule has 0 saturated heterocycles. The smallest absolute Gasteiger partial charge is 0.256 e. The largest absolute Gasteiger partial charge is 0.416 e. The van der Waals surface area contributed by atoms with Gasteiger partial charge in [0.1, 0.15) is 11.6 Å². The summed E-state index contributed by atoms with van der Waals surface area (Å²) in [5.74, 6) is -2.80. The van der Waals surface area contributed by atoms with E-state index in [1.54, 1.807) is 0 Å². The molecule has 0 bridgehead atoms. The summed E-state index contributed by atoms with van der Waals surface area (Å²) in [7, 11) is -4.62. The van der Waals surface area contributed by atoms with Gasteiger partial charge in [0.15, 0.2) is 4.90 Å². The Balaban J connectivity index is 2.14. The van der Waals surface area contributed by atoms with Gasteiger partial charge in [0, 0.05) is 17.3 Å². The molecule has 0 aliphatic rings. The minimum atomic E-state index is -4.62. The summed E-state index contributed by atoms with van der Waals surface area (Å²) in [6, 6.07) is 8.66. The van der Waals surface area contributed by atoms with Crippen LogP contribution in [0.1, 0.15) is 5.56 Å². The summed E-state index contributed by atoms with van der Waals surface area (Å²) in [6.45, 7) is 0. The maximum Gasteiger partial charge on any atom is 0.416 e. The topological polar surface area (TPSA) is 73.1 Å². The number of aromatic nitrogens is 1. The molecule has 0 saturated carbocycles. The predicted molar refractivity (Wildman–Crippen MR) is 91.4 cm³/mol. The van der Waals surface area contributed by atoms with Crippen molar-refractivity contribution in [3.63, 3.8) is 0 Å². The second kappa shape index (κ2) is 6.95. The van der Waals surface area contributed by atoms with Crippen molar-refractivity contribution in [1.82, 2.24) is 4.98 Å². The number of hydrogen-bond donors (Lipinski definition) is 1. The van der Waals surface area contributed by atoms with Crippen LogP contribution in [0.3, 0.4) is 0 Å². The second-order valence-electron chi connectivity index (χ2n) is 5.79. The first-order valence-electron chi connectivity index (χ1n) is 7.63. The van der Waals surface area contributed by atoms with Gasteiger partial charge in [0.25, 0.3) is 0 Å².